The highest BCUT2D eigenvalue weighted by atomic mass is 35.5. The zero-order valence-electron chi connectivity index (χ0n) is 14.3. The maximum atomic E-state index is 12.1. The number of rotatable bonds is 6. The summed E-state index contributed by atoms with van der Waals surface area (Å²) in [6, 6.07) is 0. The van der Waals surface area contributed by atoms with Gasteiger partial charge in [0.05, 0.1) is 37.5 Å². The molecule has 0 atom stereocenters. The smallest absolute Gasteiger partial charge is 0.348 e. The molecule has 11 heteroatoms. The van der Waals surface area contributed by atoms with E-state index < -0.39 is 11.9 Å². The number of anilines is 1. The number of nitrogens with zero attached hydrogens (tertiary/aromatic N) is 2. The van der Waals surface area contributed by atoms with E-state index in [4.69, 9.17) is 33.3 Å². The van der Waals surface area contributed by atoms with Crippen molar-refractivity contribution in [3.63, 3.8) is 0 Å². The Morgan fingerprint density at radius 2 is 2.04 bits per heavy atom. The summed E-state index contributed by atoms with van der Waals surface area (Å²) in [6.07, 6.45) is 3.24. The molecule has 0 amide bonds. The minimum atomic E-state index is -0.564. The van der Waals surface area contributed by atoms with Gasteiger partial charge in [-0.25, -0.2) is 9.59 Å². The van der Waals surface area contributed by atoms with Gasteiger partial charge in [-0.05, 0) is 24.7 Å². The molecule has 0 fully saturated rings. The third kappa shape index (κ3) is 4.71. The maximum Gasteiger partial charge on any atom is 0.348 e. The Balaban J connectivity index is 2.07. The summed E-state index contributed by atoms with van der Waals surface area (Å²) in [5, 5.41) is 11.3. The van der Waals surface area contributed by atoms with E-state index in [0.717, 1.165) is 11.3 Å². The average molecular weight is 417 g/mol. The molecule has 0 unspecified atom stereocenters. The van der Waals surface area contributed by atoms with Crippen molar-refractivity contribution in [2.75, 3.05) is 26.1 Å². The van der Waals surface area contributed by atoms with Crippen molar-refractivity contribution in [3.05, 3.63) is 33.4 Å². The van der Waals surface area contributed by atoms with E-state index in [1.165, 1.54) is 14.2 Å². The predicted molar refractivity (Wildman–Crippen MR) is 103 cm³/mol. The van der Waals surface area contributed by atoms with E-state index in [1.54, 1.807) is 24.0 Å². The number of nitrogens with one attached hydrogen (secondary N) is 2. The molecule has 2 heterocycles. The SMILES string of the molecule is COC(=O)c1sc(NC(=S)NCCn2cc(Cl)cn2)c(C(=O)OC)c1C. The summed E-state index contributed by atoms with van der Waals surface area (Å²) < 4.78 is 11.2. The second-order valence-corrected chi connectivity index (χ2v) is 6.91. The fourth-order valence-corrected chi connectivity index (χ4v) is 3.67. The van der Waals surface area contributed by atoms with Gasteiger partial charge in [0, 0.05) is 12.7 Å². The van der Waals surface area contributed by atoms with Gasteiger partial charge in [-0.15, -0.1) is 11.3 Å². The van der Waals surface area contributed by atoms with Gasteiger partial charge in [-0.2, -0.15) is 5.10 Å². The van der Waals surface area contributed by atoms with Crippen LogP contribution in [0.1, 0.15) is 25.6 Å². The summed E-state index contributed by atoms with van der Waals surface area (Å²) in [5.41, 5.74) is 0.728. The zero-order valence-corrected chi connectivity index (χ0v) is 16.7. The first-order chi connectivity index (χ1) is 12.4. The summed E-state index contributed by atoms with van der Waals surface area (Å²) in [5.74, 6) is -1.09. The summed E-state index contributed by atoms with van der Waals surface area (Å²) in [4.78, 5) is 24.2. The zero-order chi connectivity index (χ0) is 19.3. The van der Waals surface area contributed by atoms with Gasteiger partial charge in [0.1, 0.15) is 9.88 Å². The second kappa shape index (κ2) is 8.97. The third-order valence-electron chi connectivity index (χ3n) is 3.36. The molecular formula is C15H17ClN4O4S2. The number of esters is 2. The van der Waals surface area contributed by atoms with Crippen LogP contribution in [-0.2, 0) is 16.0 Å². The van der Waals surface area contributed by atoms with Crippen molar-refractivity contribution >= 4 is 57.2 Å². The molecule has 2 aromatic heterocycles. The largest absolute Gasteiger partial charge is 0.465 e. The summed E-state index contributed by atoms with van der Waals surface area (Å²) in [6.45, 7) is 2.69. The minimum absolute atomic E-state index is 0.251. The van der Waals surface area contributed by atoms with Crippen molar-refractivity contribution in [1.29, 1.82) is 0 Å². The van der Waals surface area contributed by atoms with Gasteiger partial charge in [0.2, 0.25) is 0 Å². The fourth-order valence-electron chi connectivity index (χ4n) is 2.13. The Labute approximate surface area is 164 Å². The van der Waals surface area contributed by atoms with Crippen LogP contribution in [0.3, 0.4) is 0 Å². The molecule has 26 heavy (non-hydrogen) atoms. The number of hydrogen-bond donors (Lipinski definition) is 2. The number of carbonyl (C=O) groups is 2. The molecule has 0 bridgehead atoms. The van der Waals surface area contributed by atoms with Crippen LogP contribution < -0.4 is 10.6 Å². The Morgan fingerprint density at radius 1 is 1.35 bits per heavy atom. The number of hydrogen-bond acceptors (Lipinski definition) is 7. The van der Waals surface area contributed by atoms with E-state index in [1.807, 2.05) is 0 Å². The van der Waals surface area contributed by atoms with Gasteiger partial charge >= 0.3 is 11.9 Å². The lowest BCUT2D eigenvalue weighted by molar-refractivity contribution is 0.0601. The molecule has 2 rings (SSSR count). The molecule has 0 aliphatic rings. The van der Waals surface area contributed by atoms with E-state index in [9.17, 15) is 9.59 Å². The lowest BCUT2D eigenvalue weighted by Gasteiger charge is -2.10. The minimum Gasteiger partial charge on any atom is -0.465 e. The van der Waals surface area contributed by atoms with E-state index in [2.05, 4.69) is 15.7 Å². The lowest BCUT2D eigenvalue weighted by atomic mass is 10.1. The van der Waals surface area contributed by atoms with Crippen LogP contribution in [0.5, 0.6) is 0 Å². The number of methoxy groups -OCH3 is 2. The summed E-state index contributed by atoms with van der Waals surface area (Å²) >= 11 is 12.1. The standard InChI is InChI=1S/C15H17ClN4O4S2/c1-8-10(13(21)23-2)12(26-11(8)14(22)24-3)19-15(25)17-4-5-20-7-9(16)6-18-20/h6-7H,4-5H2,1-3H3,(H2,17,19,25). The molecule has 0 aromatic carbocycles. The van der Waals surface area contributed by atoms with Gasteiger partial charge in [-0.1, -0.05) is 11.6 Å². The Kier molecular flexibility index (Phi) is 6.95. The molecule has 2 N–H and O–H groups in total. The number of carbonyl (C=O) groups excluding carboxylic acids is 2. The highest BCUT2D eigenvalue weighted by molar-refractivity contribution is 7.80. The molecule has 8 nitrogen and oxygen atoms in total. The summed E-state index contributed by atoms with van der Waals surface area (Å²) in [7, 11) is 2.55. The van der Waals surface area contributed by atoms with Crippen molar-refractivity contribution in [2.45, 2.75) is 13.5 Å². The molecule has 0 spiro atoms. The first-order valence-electron chi connectivity index (χ1n) is 7.40. The van der Waals surface area contributed by atoms with E-state index in [-0.39, 0.29) is 5.56 Å². The maximum absolute atomic E-state index is 12.1. The predicted octanol–water partition coefficient (Wildman–Crippen LogP) is 2.47. The highest BCUT2D eigenvalue weighted by Crippen LogP contribution is 2.34. The van der Waals surface area contributed by atoms with Gasteiger partial charge in [-0.3, -0.25) is 4.68 Å². The number of thiophene rings is 1. The second-order valence-electron chi connectivity index (χ2n) is 5.05. The third-order valence-corrected chi connectivity index (χ3v) is 4.99. The molecule has 140 valence electrons. The Bertz CT molecular complexity index is 834. The number of aromatic nitrogens is 2. The van der Waals surface area contributed by atoms with Gasteiger partial charge in [0.25, 0.3) is 0 Å². The lowest BCUT2D eigenvalue weighted by Crippen LogP contribution is -2.31. The van der Waals surface area contributed by atoms with Crippen LogP contribution in [0.15, 0.2) is 12.4 Å². The monoisotopic (exact) mass is 416 g/mol. The normalized spacial score (nSPS) is 10.3. The molecule has 0 radical (unpaired) electrons. The van der Waals surface area contributed by atoms with Crippen LogP contribution in [-0.4, -0.2) is 47.6 Å². The van der Waals surface area contributed by atoms with Crippen molar-refractivity contribution < 1.29 is 19.1 Å². The van der Waals surface area contributed by atoms with Crippen molar-refractivity contribution in [1.82, 2.24) is 15.1 Å². The number of ether oxygens (including phenoxy) is 2. The van der Waals surface area contributed by atoms with E-state index >= 15 is 0 Å². The van der Waals surface area contributed by atoms with Gasteiger partial charge < -0.3 is 20.1 Å². The van der Waals surface area contributed by atoms with Crippen LogP contribution in [0.25, 0.3) is 0 Å². The Hall–Kier alpha value is -2.17. The first kappa shape index (κ1) is 20.1. The van der Waals surface area contributed by atoms with Crippen molar-refractivity contribution in [2.24, 2.45) is 0 Å². The number of thiocarbonyl (C=S) groups is 1. The quantitative estimate of drug-likeness (QED) is 0.547. The number of halogens is 1. The van der Waals surface area contributed by atoms with Crippen LogP contribution >= 0.6 is 35.2 Å². The van der Waals surface area contributed by atoms with Crippen molar-refractivity contribution in [3.8, 4) is 0 Å². The molecular weight excluding hydrogens is 400 g/mol. The molecule has 2 aromatic rings. The fraction of sp³-hybridized carbons (Fsp3) is 0.333. The van der Waals surface area contributed by atoms with Crippen LogP contribution in [0, 0.1) is 6.92 Å². The molecule has 0 aliphatic carbocycles. The van der Waals surface area contributed by atoms with E-state index in [0.29, 0.717) is 38.7 Å². The van der Waals surface area contributed by atoms with Crippen LogP contribution in [0.4, 0.5) is 5.00 Å². The highest BCUT2D eigenvalue weighted by Gasteiger charge is 2.26. The van der Waals surface area contributed by atoms with Gasteiger partial charge in [0.15, 0.2) is 5.11 Å². The molecule has 0 aliphatic heterocycles. The molecule has 0 saturated carbocycles. The van der Waals surface area contributed by atoms with Crippen LogP contribution in [0.2, 0.25) is 5.02 Å². The topological polar surface area (TPSA) is 94.5 Å². The Morgan fingerprint density at radius 3 is 2.62 bits per heavy atom. The molecule has 0 saturated heterocycles. The first-order valence-corrected chi connectivity index (χ1v) is 9.00. The average Bonchev–Trinajstić information content (AvgIpc) is 3.16.